The summed E-state index contributed by atoms with van der Waals surface area (Å²) in [6, 6.07) is 0. The molecular weight excluding hydrogens is 303 g/mol. The zero-order chi connectivity index (χ0) is 14.3. The number of rotatable bonds is 0. The van der Waals surface area contributed by atoms with E-state index in [0.717, 1.165) is 0 Å². The second-order valence-electron chi connectivity index (χ2n) is 0.894. The molecule has 0 aromatic heterocycles. The van der Waals surface area contributed by atoms with Crippen molar-refractivity contribution < 1.29 is 37.4 Å². The molecule has 0 aliphatic heterocycles. The largest absolute Gasteiger partial charge is 0.356 e. The first-order chi connectivity index (χ1) is 6.93. The van der Waals surface area contributed by atoms with Crippen LogP contribution in [0.4, 0.5) is 0 Å². The van der Waals surface area contributed by atoms with Gasteiger partial charge in [-0.05, 0) is 0 Å². The maximum atomic E-state index is 8.25. The second-order valence-corrected chi connectivity index (χ2v) is 0.894. The van der Waals surface area contributed by atoms with Crippen LogP contribution in [0.1, 0.15) is 0 Å². The monoisotopic (exact) mass is 303 g/mol. The van der Waals surface area contributed by atoms with Crippen LogP contribution in [-0.4, -0.2) is 20.3 Å². The number of nitrogens with zero attached hydrogens (tertiary/aromatic N) is 4. The molecule has 0 saturated carbocycles. The SMILES string of the molecule is O=[N+]([O-])[O-].O=[N+]([O-])[O-].O=[N+]([O-])[O-].O=[N+]([O-])[O-].[Mn]. The van der Waals surface area contributed by atoms with Crippen LogP contribution in [0.25, 0.3) is 0 Å². The molecule has 0 unspecified atom stereocenters. The van der Waals surface area contributed by atoms with Gasteiger partial charge in [0.2, 0.25) is 0 Å². The third-order valence-electron chi connectivity index (χ3n) is 0. The van der Waals surface area contributed by atoms with Gasteiger partial charge in [-0.1, -0.05) is 0 Å². The summed E-state index contributed by atoms with van der Waals surface area (Å²) in [5.74, 6) is 0. The number of hydrogen-bond donors (Lipinski definition) is 0. The van der Waals surface area contributed by atoms with Crippen LogP contribution in [0.15, 0.2) is 0 Å². The van der Waals surface area contributed by atoms with E-state index in [1.165, 1.54) is 0 Å². The molecule has 0 aromatic rings. The molecule has 17 heavy (non-hydrogen) atoms. The van der Waals surface area contributed by atoms with Crippen LogP contribution in [0.3, 0.4) is 0 Å². The van der Waals surface area contributed by atoms with E-state index in [1.54, 1.807) is 0 Å². The minimum Gasteiger partial charge on any atom is -0.356 e. The van der Waals surface area contributed by atoms with Crippen molar-refractivity contribution in [2.24, 2.45) is 0 Å². The van der Waals surface area contributed by atoms with Gasteiger partial charge in [-0.25, -0.2) is 0 Å². The summed E-state index contributed by atoms with van der Waals surface area (Å²) in [5.41, 5.74) is 0. The Morgan fingerprint density at radius 1 is 0.412 bits per heavy atom. The van der Waals surface area contributed by atoms with Gasteiger partial charge in [0.15, 0.2) is 0 Å². The third kappa shape index (κ3) is 238. The molecule has 0 fully saturated rings. The van der Waals surface area contributed by atoms with Crippen LogP contribution < -0.4 is 0 Å². The topological polar surface area (TPSA) is 265 Å². The standard InChI is InChI=1S/Mn.4NO3/c;4*2-1(3)4/q;4*-1. The van der Waals surface area contributed by atoms with Gasteiger partial charge in [0.1, 0.15) is 0 Å². The van der Waals surface area contributed by atoms with Gasteiger partial charge in [-0.15, -0.1) is 0 Å². The molecule has 0 aliphatic rings. The van der Waals surface area contributed by atoms with Crippen molar-refractivity contribution in [1.29, 1.82) is 0 Å². The van der Waals surface area contributed by atoms with Crippen LogP contribution in [0.5, 0.6) is 0 Å². The minimum atomic E-state index is -1.75. The van der Waals surface area contributed by atoms with Crippen molar-refractivity contribution >= 4 is 0 Å². The summed E-state index contributed by atoms with van der Waals surface area (Å²) in [4.78, 5) is 33.0. The van der Waals surface area contributed by atoms with E-state index in [9.17, 15) is 0 Å². The Hall–Kier alpha value is -2.68. The summed E-state index contributed by atoms with van der Waals surface area (Å²) >= 11 is 0. The van der Waals surface area contributed by atoms with Crippen molar-refractivity contribution in [2.75, 3.05) is 0 Å². The Kier molecular flexibility index (Phi) is 40.0. The van der Waals surface area contributed by atoms with Crippen molar-refractivity contribution in [2.45, 2.75) is 0 Å². The molecule has 1 radical (unpaired) electrons. The Balaban J connectivity index is -0.0000000369. The molecule has 17 heteroatoms. The van der Waals surface area contributed by atoms with E-state index in [0.29, 0.717) is 0 Å². The second kappa shape index (κ2) is 23.3. The quantitative estimate of drug-likeness (QED) is 0.297. The molecule has 0 atom stereocenters. The van der Waals surface area contributed by atoms with Gasteiger partial charge in [0, 0.05) is 17.1 Å². The Labute approximate surface area is 99.6 Å². The zero-order valence-corrected chi connectivity index (χ0v) is 8.25. The average Bonchev–Trinajstić information content (AvgIpc) is 1.76. The van der Waals surface area contributed by atoms with Crippen LogP contribution in [0.2, 0.25) is 0 Å². The molecular formula is MnN4O12-4. The predicted octanol–water partition coefficient (Wildman–Crippen LogP) is -0.959. The van der Waals surface area contributed by atoms with Gasteiger partial charge < -0.3 is 61.3 Å². The Bertz CT molecular complexity index is 159. The fourth-order valence-corrected chi connectivity index (χ4v) is 0. The van der Waals surface area contributed by atoms with Gasteiger partial charge >= 0.3 is 0 Å². The van der Waals surface area contributed by atoms with Gasteiger partial charge in [-0.2, -0.15) is 0 Å². The van der Waals surface area contributed by atoms with E-state index in [2.05, 4.69) is 0 Å². The number of hydrogen-bond acceptors (Lipinski definition) is 12. The third-order valence-corrected chi connectivity index (χ3v) is 0. The molecule has 16 nitrogen and oxygen atoms in total. The van der Waals surface area contributed by atoms with Gasteiger partial charge in [-0.3, -0.25) is 0 Å². The predicted molar refractivity (Wildman–Crippen MR) is 41.4 cm³/mol. The molecule has 0 amide bonds. The first-order valence-corrected chi connectivity index (χ1v) is 2.19. The van der Waals surface area contributed by atoms with E-state index < -0.39 is 20.3 Å². The van der Waals surface area contributed by atoms with Crippen LogP contribution in [-0.2, 0) is 17.1 Å². The van der Waals surface area contributed by atoms with Crippen LogP contribution >= 0.6 is 0 Å². The molecule has 0 bridgehead atoms. The average molecular weight is 303 g/mol. The Morgan fingerprint density at radius 2 is 0.412 bits per heavy atom. The molecule has 0 spiro atoms. The van der Waals surface area contributed by atoms with E-state index in [-0.39, 0.29) is 17.1 Å². The fourth-order valence-electron chi connectivity index (χ4n) is 0. The van der Waals surface area contributed by atoms with Crippen molar-refractivity contribution in [3.8, 4) is 0 Å². The van der Waals surface area contributed by atoms with E-state index in [4.69, 9.17) is 61.3 Å². The van der Waals surface area contributed by atoms with Crippen molar-refractivity contribution in [3.05, 3.63) is 61.3 Å². The maximum absolute atomic E-state index is 8.25. The summed E-state index contributed by atoms with van der Waals surface area (Å²) in [7, 11) is 0. The van der Waals surface area contributed by atoms with E-state index >= 15 is 0 Å². The summed E-state index contributed by atoms with van der Waals surface area (Å²) in [6.45, 7) is 0. The van der Waals surface area contributed by atoms with Gasteiger partial charge in [0.05, 0.1) is 20.3 Å². The molecule has 0 heterocycles. The molecule has 0 aliphatic carbocycles. The smallest absolute Gasteiger partial charge is 0.0689 e. The first kappa shape index (κ1) is 29.2. The van der Waals surface area contributed by atoms with Crippen molar-refractivity contribution in [3.63, 3.8) is 0 Å². The molecule has 103 valence electrons. The summed E-state index contributed by atoms with van der Waals surface area (Å²) in [6.07, 6.45) is 0. The summed E-state index contributed by atoms with van der Waals surface area (Å²) in [5, 5.41) is 59.0. The molecule has 0 saturated heterocycles. The van der Waals surface area contributed by atoms with E-state index in [1.807, 2.05) is 0 Å². The zero-order valence-electron chi connectivity index (χ0n) is 7.07. The molecule has 0 aromatic carbocycles. The Morgan fingerprint density at radius 3 is 0.412 bits per heavy atom. The maximum Gasteiger partial charge on any atom is 0.0689 e. The first-order valence-electron chi connectivity index (χ1n) is 2.19. The molecule has 0 N–H and O–H groups in total. The molecule has 0 rings (SSSR count). The minimum absolute atomic E-state index is 0. The van der Waals surface area contributed by atoms with Gasteiger partial charge in [0.25, 0.3) is 0 Å². The fraction of sp³-hybridized carbons (Fsp3) is 0. The summed E-state index contributed by atoms with van der Waals surface area (Å²) < 4.78 is 0. The normalized spacial score (nSPS) is 5.65. The van der Waals surface area contributed by atoms with Crippen LogP contribution in [0, 0.1) is 61.3 Å². The van der Waals surface area contributed by atoms with Crippen molar-refractivity contribution in [1.82, 2.24) is 0 Å².